The maximum Gasteiger partial charge on any atom is 0.409 e. The molecule has 2 fully saturated rings. The molecule has 6 rings (SSSR count). The first kappa shape index (κ1) is 43.1. The number of amidine groups is 1. The van der Waals surface area contributed by atoms with Crippen molar-refractivity contribution in [1.82, 2.24) is 35.3 Å². The van der Waals surface area contributed by atoms with Crippen molar-refractivity contribution in [3.63, 3.8) is 0 Å². The molecule has 0 saturated carbocycles. The number of imidazole rings is 1. The fourth-order valence-electron chi connectivity index (χ4n) is 7.57. The van der Waals surface area contributed by atoms with Gasteiger partial charge >= 0.3 is 18.3 Å². The van der Waals surface area contributed by atoms with E-state index in [4.69, 9.17) is 24.2 Å². The average Bonchev–Trinajstić information content (AvgIpc) is 4.03. The number of fused-ring (bicyclic) bond motifs is 1. The SMILES string of the molecule is COC(=O)N[C@H](C(=O)N1CCCC1C1=NC2C=C(C#Cc3ccc(-c4cnc(C5CN(C(=O)OC)CCN5C(=O)[C@@H](NC(=O)OC)C(C)C)[nH]4)c(F)c3)C=CC2=N1)C(C)C. The summed E-state index contributed by atoms with van der Waals surface area (Å²) >= 11 is 0. The average molecular weight is 828 g/mol. The Hall–Kier alpha value is -6.51. The Bertz CT molecular complexity index is 2200. The van der Waals surface area contributed by atoms with Gasteiger partial charge in [0.25, 0.3) is 0 Å². The van der Waals surface area contributed by atoms with Gasteiger partial charge < -0.3 is 44.5 Å². The minimum absolute atomic E-state index is 0.0458. The van der Waals surface area contributed by atoms with Gasteiger partial charge in [-0.1, -0.05) is 39.5 Å². The summed E-state index contributed by atoms with van der Waals surface area (Å²) in [5.41, 5.74) is 2.39. The summed E-state index contributed by atoms with van der Waals surface area (Å²) in [7, 11) is 3.74. The number of aromatic nitrogens is 2. The lowest BCUT2D eigenvalue weighted by atomic mass is 10.0. The first-order chi connectivity index (χ1) is 28.7. The number of nitrogens with zero attached hydrogens (tertiary/aromatic N) is 6. The molecule has 2 saturated heterocycles. The second-order valence-corrected chi connectivity index (χ2v) is 15.4. The van der Waals surface area contributed by atoms with Crippen LogP contribution in [0.4, 0.5) is 18.8 Å². The van der Waals surface area contributed by atoms with Gasteiger partial charge in [-0.2, -0.15) is 0 Å². The van der Waals surface area contributed by atoms with Gasteiger partial charge in [-0.25, -0.2) is 28.8 Å². The number of halogens is 1. The number of methoxy groups -OCH3 is 3. The smallest absolute Gasteiger partial charge is 0.409 e. The number of carbonyl (C=O) groups excluding carboxylic acids is 5. The zero-order valence-electron chi connectivity index (χ0n) is 34.7. The van der Waals surface area contributed by atoms with Crippen molar-refractivity contribution < 1.29 is 42.6 Å². The molecule has 1 aliphatic carbocycles. The van der Waals surface area contributed by atoms with E-state index in [0.717, 1.165) is 12.1 Å². The highest BCUT2D eigenvalue weighted by atomic mass is 19.1. The third-order valence-electron chi connectivity index (χ3n) is 10.8. The number of aromatic amines is 1. The van der Waals surface area contributed by atoms with E-state index in [0.29, 0.717) is 41.5 Å². The van der Waals surface area contributed by atoms with Crippen molar-refractivity contribution in [2.75, 3.05) is 47.5 Å². The van der Waals surface area contributed by atoms with Crippen LogP contribution in [-0.2, 0) is 23.8 Å². The molecule has 1 aromatic heterocycles. The van der Waals surface area contributed by atoms with E-state index in [9.17, 15) is 24.0 Å². The monoisotopic (exact) mass is 827 g/mol. The molecule has 318 valence electrons. The molecular weight excluding hydrogens is 778 g/mol. The Balaban J connectivity index is 1.16. The van der Waals surface area contributed by atoms with Gasteiger partial charge in [0.2, 0.25) is 11.8 Å². The first-order valence-electron chi connectivity index (χ1n) is 19.8. The largest absolute Gasteiger partial charge is 0.453 e. The maximum atomic E-state index is 15.7. The molecule has 0 bridgehead atoms. The molecule has 18 heteroatoms. The minimum atomic E-state index is -0.912. The molecule has 3 unspecified atom stereocenters. The molecule has 5 atom stereocenters. The molecule has 3 aliphatic heterocycles. The zero-order valence-corrected chi connectivity index (χ0v) is 34.7. The summed E-state index contributed by atoms with van der Waals surface area (Å²) in [6.07, 6.45) is 6.48. The van der Waals surface area contributed by atoms with Gasteiger partial charge in [-0.15, -0.1) is 0 Å². The maximum absolute atomic E-state index is 15.7. The number of carbonyl (C=O) groups is 5. The number of ether oxygens (including phenoxy) is 3. The molecule has 5 amide bonds. The van der Waals surface area contributed by atoms with Crippen molar-refractivity contribution in [3.8, 4) is 23.1 Å². The van der Waals surface area contributed by atoms with Gasteiger partial charge in [-0.05, 0) is 61.1 Å². The van der Waals surface area contributed by atoms with Crippen LogP contribution in [0.15, 0.2) is 58.2 Å². The van der Waals surface area contributed by atoms with Gasteiger partial charge in [0.05, 0.1) is 51.5 Å². The van der Waals surface area contributed by atoms with Crippen molar-refractivity contribution in [1.29, 1.82) is 0 Å². The summed E-state index contributed by atoms with van der Waals surface area (Å²) in [6.45, 7) is 8.20. The molecule has 60 heavy (non-hydrogen) atoms. The van der Waals surface area contributed by atoms with E-state index in [1.165, 1.54) is 38.5 Å². The van der Waals surface area contributed by atoms with Crippen LogP contribution >= 0.6 is 0 Å². The lowest BCUT2D eigenvalue weighted by Crippen LogP contribution is -2.58. The quantitative estimate of drug-likeness (QED) is 0.247. The summed E-state index contributed by atoms with van der Waals surface area (Å²) in [6, 6.07) is 1.45. The van der Waals surface area contributed by atoms with Crippen molar-refractivity contribution >= 4 is 41.6 Å². The van der Waals surface area contributed by atoms with E-state index >= 15 is 4.39 Å². The Labute approximate surface area is 347 Å². The summed E-state index contributed by atoms with van der Waals surface area (Å²) in [4.78, 5) is 85.9. The van der Waals surface area contributed by atoms with Crippen LogP contribution in [0.3, 0.4) is 0 Å². The van der Waals surface area contributed by atoms with Crippen LogP contribution in [0.1, 0.15) is 58.0 Å². The van der Waals surface area contributed by atoms with Crippen LogP contribution in [0.25, 0.3) is 11.3 Å². The fourth-order valence-corrected chi connectivity index (χ4v) is 7.57. The van der Waals surface area contributed by atoms with Crippen molar-refractivity contribution in [2.24, 2.45) is 21.8 Å². The van der Waals surface area contributed by atoms with E-state index < -0.39 is 42.2 Å². The third-order valence-corrected chi connectivity index (χ3v) is 10.8. The Kier molecular flexibility index (Phi) is 13.4. The third kappa shape index (κ3) is 9.35. The van der Waals surface area contributed by atoms with Crippen LogP contribution in [0.2, 0.25) is 0 Å². The van der Waals surface area contributed by atoms with Crippen molar-refractivity contribution in [2.45, 2.75) is 70.7 Å². The first-order valence-corrected chi connectivity index (χ1v) is 19.8. The lowest BCUT2D eigenvalue weighted by Gasteiger charge is -2.41. The lowest BCUT2D eigenvalue weighted by molar-refractivity contribution is -0.139. The number of benzene rings is 1. The highest BCUT2D eigenvalue weighted by Gasteiger charge is 2.41. The molecule has 3 N–H and O–H groups in total. The zero-order chi connectivity index (χ0) is 43.2. The van der Waals surface area contributed by atoms with E-state index in [1.807, 2.05) is 32.1 Å². The molecule has 4 aliphatic rings. The van der Waals surface area contributed by atoms with Gasteiger partial charge in [0.1, 0.15) is 41.6 Å². The second-order valence-electron chi connectivity index (χ2n) is 15.4. The number of H-pyrrole nitrogens is 1. The van der Waals surface area contributed by atoms with E-state index in [1.54, 1.807) is 35.8 Å². The van der Waals surface area contributed by atoms with Gasteiger partial charge in [0.15, 0.2) is 0 Å². The number of nitrogens with one attached hydrogen (secondary N) is 3. The van der Waals surface area contributed by atoms with Gasteiger partial charge in [-0.3, -0.25) is 14.6 Å². The summed E-state index contributed by atoms with van der Waals surface area (Å²) < 4.78 is 30.1. The topological polar surface area (TPSA) is 200 Å². The molecule has 17 nitrogen and oxygen atoms in total. The Morgan fingerprint density at radius 1 is 0.867 bits per heavy atom. The number of hydrogen-bond acceptors (Lipinski definition) is 11. The summed E-state index contributed by atoms with van der Waals surface area (Å²) in [5.74, 6) is 5.39. The second kappa shape index (κ2) is 18.6. The Morgan fingerprint density at radius 2 is 1.53 bits per heavy atom. The molecule has 0 radical (unpaired) electrons. The minimum Gasteiger partial charge on any atom is -0.453 e. The van der Waals surface area contributed by atoms with Crippen LogP contribution in [0.5, 0.6) is 0 Å². The molecule has 0 spiro atoms. The summed E-state index contributed by atoms with van der Waals surface area (Å²) in [5, 5.41) is 5.26. The highest BCUT2D eigenvalue weighted by Crippen LogP contribution is 2.30. The predicted octanol–water partition coefficient (Wildman–Crippen LogP) is 3.99. The molecule has 1 aromatic carbocycles. The number of aliphatic imine (C=N–C) groups is 2. The number of alkyl carbamates (subject to hydrolysis) is 2. The fraction of sp³-hybridized carbons (Fsp3) is 0.476. The molecular formula is C42H50FN9O8. The van der Waals surface area contributed by atoms with Crippen LogP contribution < -0.4 is 10.6 Å². The predicted molar refractivity (Wildman–Crippen MR) is 218 cm³/mol. The normalized spacial score (nSPS) is 20.6. The number of hydrogen-bond donors (Lipinski definition) is 3. The number of amides is 5. The van der Waals surface area contributed by atoms with E-state index in [-0.39, 0.29) is 60.9 Å². The molecule has 2 aromatic rings. The number of rotatable bonds is 9. The van der Waals surface area contributed by atoms with Crippen LogP contribution in [0, 0.1) is 29.5 Å². The Morgan fingerprint density at radius 3 is 2.15 bits per heavy atom. The highest BCUT2D eigenvalue weighted by molar-refractivity contribution is 6.15. The number of piperazine rings is 1. The molecule has 4 heterocycles. The standard InChI is InChI=1S/C42H50FN9O8/c1-23(2)34(48-40(55)58-5)38(53)51-16-8-9-32(51)37-45-29-15-13-26(20-30(29)46-37)11-10-25-12-14-27(28(43)19-25)31-21-44-36(47-31)33-22-50(42(57)60-7)17-18-52(33)39(54)35(24(3)4)49-41(56)59-6/h12-15,19-21,23-24,30,32-35H,8-9,16-18,22H2,1-7H3,(H,44,47)(H,48,55)(H,49,56)/t30?,32?,33?,34-,35-/m0/s1. The van der Waals surface area contributed by atoms with Crippen molar-refractivity contribution in [3.05, 3.63) is 65.4 Å². The number of allylic oxidation sites excluding steroid dienone is 2. The number of likely N-dealkylation sites (tertiary alicyclic amines) is 1. The van der Waals surface area contributed by atoms with Crippen LogP contribution in [-0.4, -0.2) is 138 Å². The van der Waals surface area contributed by atoms with Gasteiger partial charge in [0, 0.05) is 36.3 Å². The van der Waals surface area contributed by atoms with E-state index in [2.05, 4.69) is 32.4 Å².